The highest BCUT2D eigenvalue weighted by molar-refractivity contribution is 7.91. The number of sulfone groups is 1. The predicted molar refractivity (Wildman–Crippen MR) is 97.7 cm³/mol. The molecule has 6 nitrogen and oxygen atoms in total. The zero-order valence-electron chi connectivity index (χ0n) is 14.4. The number of aromatic nitrogens is 1. The molecule has 0 saturated carbocycles. The third-order valence-electron chi connectivity index (χ3n) is 4.39. The van der Waals surface area contributed by atoms with Gasteiger partial charge in [-0.2, -0.15) is 0 Å². The van der Waals surface area contributed by atoms with E-state index in [1.54, 1.807) is 35.2 Å². The van der Waals surface area contributed by atoms with E-state index in [4.69, 9.17) is 0 Å². The second-order valence-corrected chi connectivity index (χ2v) is 8.41. The van der Waals surface area contributed by atoms with Crippen molar-refractivity contribution >= 4 is 27.1 Å². The number of nitrogens with one attached hydrogen (secondary N) is 1. The standard InChI is InChI=1S/C18H20FN3O3S/c1-2-22(14-9-10-26(24,25)12-14)18(23)17-8-7-13(11-20-17)21-16-6-4-3-5-15(16)19/h3-8,11,14,21H,2,9-10,12H2,1H3. The van der Waals surface area contributed by atoms with Gasteiger partial charge in [-0.25, -0.2) is 17.8 Å². The Hall–Kier alpha value is -2.48. The van der Waals surface area contributed by atoms with Gasteiger partial charge in [0.2, 0.25) is 0 Å². The highest BCUT2D eigenvalue weighted by Gasteiger charge is 2.34. The lowest BCUT2D eigenvalue weighted by molar-refractivity contribution is 0.0702. The van der Waals surface area contributed by atoms with Gasteiger partial charge in [-0.1, -0.05) is 12.1 Å². The Morgan fingerprint density at radius 2 is 2.08 bits per heavy atom. The Kier molecular flexibility index (Phi) is 5.22. The largest absolute Gasteiger partial charge is 0.352 e. The summed E-state index contributed by atoms with van der Waals surface area (Å²) in [5.74, 6) is -0.570. The summed E-state index contributed by atoms with van der Waals surface area (Å²) >= 11 is 0. The number of rotatable bonds is 5. The lowest BCUT2D eigenvalue weighted by atomic mass is 10.2. The molecule has 2 heterocycles. The smallest absolute Gasteiger partial charge is 0.272 e. The average molecular weight is 377 g/mol. The molecular formula is C18H20FN3O3S. The lowest BCUT2D eigenvalue weighted by Gasteiger charge is -2.26. The van der Waals surface area contributed by atoms with Crippen LogP contribution in [0.25, 0.3) is 0 Å². The second-order valence-electron chi connectivity index (χ2n) is 6.18. The van der Waals surface area contributed by atoms with Crippen LogP contribution in [0.2, 0.25) is 0 Å². The van der Waals surface area contributed by atoms with E-state index in [1.807, 2.05) is 6.92 Å². The first kappa shape index (κ1) is 18.3. The van der Waals surface area contributed by atoms with Crippen molar-refractivity contribution in [2.24, 2.45) is 0 Å². The Labute approximate surface area is 152 Å². The average Bonchev–Trinajstić information content (AvgIpc) is 2.98. The summed E-state index contributed by atoms with van der Waals surface area (Å²) in [7, 11) is -3.07. The third kappa shape index (κ3) is 4.01. The third-order valence-corrected chi connectivity index (χ3v) is 6.14. The predicted octanol–water partition coefficient (Wildman–Crippen LogP) is 2.61. The van der Waals surface area contributed by atoms with Crippen LogP contribution in [0.15, 0.2) is 42.6 Å². The molecule has 1 atom stereocenters. The molecule has 1 aromatic carbocycles. The van der Waals surface area contributed by atoms with Crippen LogP contribution in [0.5, 0.6) is 0 Å². The van der Waals surface area contributed by atoms with E-state index in [-0.39, 0.29) is 35.0 Å². The maximum Gasteiger partial charge on any atom is 0.272 e. The summed E-state index contributed by atoms with van der Waals surface area (Å²) < 4.78 is 37.0. The van der Waals surface area contributed by atoms with Crippen molar-refractivity contribution < 1.29 is 17.6 Å². The Balaban J connectivity index is 1.73. The Morgan fingerprint density at radius 1 is 1.31 bits per heavy atom. The summed E-state index contributed by atoms with van der Waals surface area (Å²) in [6.07, 6.45) is 1.91. The lowest BCUT2D eigenvalue weighted by Crippen LogP contribution is -2.41. The first-order chi connectivity index (χ1) is 12.4. The molecule has 1 unspecified atom stereocenters. The van der Waals surface area contributed by atoms with Gasteiger partial charge in [-0.15, -0.1) is 0 Å². The van der Waals surface area contributed by atoms with E-state index in [9.17, 15) is 17.6 Å². The first-order valence-corrected chi connectivity index (χ1v) is 10.2. The number of halogens is 1. The van der Waals surface area contributed by atoms with Gasteiger partial charge in [0.15, 0.2) is 9.84 Å². The summed E-state index contributed by atoms with van der Waals surface area (Å²) in [6, 6.07) is 9.16. The summed E-state index contributed by atoms with van der Waals surface area (Å²) in [6.45, 7) is 2.23. The summed E-state index contributed by atoms with van der Waals surface area (Å²) in [5.41, 5.74) is 1.10. The number of hydrogen-bond donors (Lipinski definition) is 1. The maximum absolute atomic E-state index is 13.7. The minimum absolute atomic E-state index is 0.000493. The Bertz CT molecular complexity index is 900. The minimum Gasteiger partial charge on any atom is -0.352 e. The molecule has 26 heavy (non-hydrogen) atoms. The molecule has 1 saturated heterocycles. The molecule has 8 heteroatoms. The number of anilines is 2. The second kappa shape index (κ2) is 7.41. The van der Waals surface area contributed by atoms with Crippen LogP contribution in [0, 0.1) is 5.82 Å². The van der Waals surface area contributed by atoms with E-state index in [0.29, 0.717) is 24.3 Å². The molecule has 0 radical (unpaired) electrons. The fraction of sp³-hybridized carbons (Fsp3) is 0.333. The van der Waals surface area contributed by atoms with E-state index in [0.717, 1.165) is 0 Å². The molecule has 2 aromatic rings. The number of hydrogen-bond acceptors (Lipinski definition) is 5. The van der Waals surface area contributed by atoms with Gasteiger partial charge in [-0.3, -0.25) is 4.79 Å². The maximum atomic E-state index is 13.7. The van der Waals surface area contributed by atoms with E-state index in [1.165, 1.54) is 12.3 Å². The molecule has 138 valence electrons. The van der Waals surface area contributed by atoms with Gasteiger partial charge in [0.05, 0.1) is 29.1 Å². The van der Waals surface area contributed by atoms with E-state index in [2.05, 4.69) is 10.3 Å². The van der Waals surface area contributed by atoms with Gasteiger partial charge in [-0.05, 0) is 37.6 Å². The van der Waals surface area contributed by atoms with Crippen LogP contribution in [-0.4, -0.2) is 48.3 Å². The van der Waals surface area contributed by atoms with E-state index >= 15 is 0 Å². The number of nitrogens with zero attached hydrogens (tertiary/aromatic N) is 2. The fourth-order valence-corrected chi connectivity index (χ4v) is 4.78. The minimum atomic E-state index is -3.07. The van der Waals surface area contributed by atoms with Crippen molar-refractivity contribution in [1.82, 2.24) is 9.88 Å². The molecule has 1 aliphatic rings. The molecular weight excluding hydrogens is 357 g/mol. The number of para-hydroxylation sites is 1. The topological polar surface area (TPSA) is 79.4 Å². The van der Waals surface area contributed by atoms with Crippen LogP contribution in [-0.2, 0) is 9.84 Å². The van der Waals surface area contributed by atoms with Gasteiger partial charge in [0, 0.05) is 12.6 Å². The van der Waals surface area contributed by atoms with Crippen LogP contribution in [0.1, 0.15) is 23.8 Å². The van der Waals surface area contributed by atoms with Crippen LogP contribution in [0.4, 0.5) is 15.8 Å². The Morgan fingerprint density at radius 3 is 2.65 bits per heavy atom. The number of pyridine rings is 1. The quantitative estimate of drug-likeness (QED) is 0.866. The first-order valence-electron chi connectivity index (χ1n) is 8.38. The van der Waals surface area contributed by atoms with Crippen molar-refractivity contribution in [1.29, 1.82) is 0 Å². The molecule has 0 bridgehead atoms. The SMILES string of the molecule is CCN(C(=O)c1ccc(Nc2ccccc2F)cn1)C1CCS(=O)(=O)C1. The molecule has 1 aromatic heterocycles. The molecule has 0 spiro atoms. The number of benzene rings is 1. The van der Waals surface area contributed by atoms with Crippen molar-refractivity contribution in [3.05, 3.63) is 54.1 Å². The fourth-order valence-electron chi connectivity index (χ4n) is 3.05. The number of carbonyl (C=O) groups excluding carboxylic acids is 1. The monoisotopic (exact) mass is 377 g/mol. The van der Waals surface area contributed by atoms with Gasteiger partial charge in [0.1, 0.15) is 11.5 Å². The number of carbonyl (C=O) groups is 1. The van der Waals surface area contributed by atoms with Gasteiger partial charge < -0.3 is 10.2 Å². The van der Waals surface area contributed by atoms with Crippen molar-refractivity contribution in [2.45, 2.75) is 19.4 Å². The van der Waals surface area contributed by atoms with Gasteiger partial charge >= 0.3 is 0 Å². The van der Waals surface area contributed by atoms with Crippen LogP contribution in [0.3, 0.4) is 0 Å². The number of amides is 1. The van der Waals surface area contributed by atoms with Crippen molar-refractivity contribution in [3.8, 4) is 0 Å². The summed E-state index contributed by atoms with van der Waals surface area (Å²) in [4.78, 5) is 18.4. The molecule has 3 rings (SSSR count). The highest BCUT2D eigenvalue weighted by Crippen LogP contribution is 2.21. The summed E-state index contributed by atoms with van der Waals surface area (Å²) in [5, 5.41) is 2.91. The molecule has 1 amide bonds. The molecule has 0 aliphatic carbocycles. The van der Waals surface area contributed by atoms with Crippen molar-refractivity contribution in [3.63, 3.8) is 0 Å². The molecule has 1 aliphatic heterocycles. The normalized spacial score (nSPS) is 18.5. The highest BCUT2D eigenvalue weighted by atomic mass is 32.2. The van der Waals surface area contributed by atoms with Crippen LogP contribution >= 0.6 is 0 Å². The zero-order valence-corrected chi connectivity index (χ0v) is 15.2. The van der Waals surface area contributed by atoms with E-state index < -0.39 is 9.84 Å². The van der Waals surface area contributed by atoms with Crippen LogP contribution < -0.4 is 5.32 Å². The zero-order chi connectivity index (χ0) is 18.7. The van der Waals surface area contributed by atoms with Gasteiger partial charge in [0.25, 0.3) is 5.91 Å². The molecule has 1 fully saturated rings. The molecule has 1 N–H and O–H groups in total. The van der Waals surface area contributed by atoms with Crippen molar-refractivity contribution in [2.75, 3.05) is 23.4 Å².